The predicted molar refractivity (Wildman–Crippen MR) is 92.0 cm³/mol. The largest absolute Gasteiger partial charge is 0.390 e. The molecule has 5 heteroatoms. The molecule has 0 aromatic heterocycles. The summed E-state index contributed by atoms with van der Waals surface area (Å²) in [6.45, 7) is 8.58. The summed E-state index contributed by atoms with van der Waals surface area (Å²) >= 11 is 4.11. The number of nitrogens with zero attached hydrogens (tertiary/aromatic N) is 2. The maximum atomic E-state index is 10.5. The lowest BCUT2D eigenvalue weighted by Crippen LogP contribution is -2.46. The molecule has 2 heterocycles. The maximum absolute atomic E-state index is 10.5. The van der Waals surface area contributed by atoms with Crippen LogP contribution in [-0.4, -0.2) is 82.3 Å². The molecule has 3 nitrogen and oxygen atoms in total. The minimum Gasteiger partial charge on any atom is -0.390 e. The summed E-state index contributed by atoms with van der Waals surface area (Å²) < 4.78 is 0. The molecule has 0 radical (unpaired) electrons. The third kappa shape index (κ3) is 5.41. The van der Waals surface area contributed by atoms with E-state index in [0.717, 1.165) is 26.2 Å². The topological polar surface area (TPSA) is 26.7 Å². The molecule has 2 fully saturated rings. The molecule has 2 aliphatic heterocycles. The summed E-state index contributed by atoms with van der Waals surface area (Å²) in [4.78, 5) is 4.98. The van der Waals surface area contributed by atoms with Crippen molar-refractivity contribution in [3.8, 4) is 0 Å². The van der Waals surface area contributed by atoms with Gasteiger partial charge >= 0.3 is 0 Å². The first-order chi connectivity index (χ1) is 9.66. The van der Waals surface area contributed by atoms with Crippen LogP contribution in [0.25, 0.3) is 0 Å². The fourth-order valence-electron chi connectivity index (χ4n) is 3.02. The number of rotatable bonds is 4. The lowest BCUT2D eigenvalue weighted by Gasteiger charge is -2.33. The Morgan fingerprint density at radius 1 is 0.900 bits per heavy atom. The Morgan fingerprint density at radius 3 is 1.80 bits per heavy atom. The van der Waals surface area contributed by atoms with Crippen LogP contribution in [0.1, 0.15) is 26.7 Å². The second-order valence-corrected chi connectivity index (χ2v) is 8.59. The van der Waals surface area contributed by atoms with Crippen LogP contribution in [0.4, 0.5) is 0 Å². The van der Waals surface area contributed by atoms with Gasteiger partial charge in [0.2, 0.25) is 0 Å². The molecule has 0 unspecified atom stereocenters. The third-order valence-electron chi connectivity index (χ3n) is 4.54. The van der Waals surface area contributed by atoms with Crippen LogP contribution in [0.15, 0.2) is 0 Å². The Hall–Kier alpha value is 0.580. The Bertz CT molecular complexity index is 255. The van der Waals surface area contributed by atoms with Gasteiger partial charge in [0.15, 0.2) is 0 Å². The van der Waals surface area contributed by atoms with E-state index in [1.807, 2.05) is 0 Å². The highest BCUT2D eigenvalue weighted by Crippen LogP contribution is 2.18. The zero-order valence-electron chi connectivity index (χ0n) is 13.0. The van der Waals surface area contributed by atoms with Crippen LogP contribution in [0.2, 0.25) is 0 Å². The molecule has 2 saturated heterocycles. The highest BCUT2D eigenvalue weighted by Gasteiger charge is 2.23. The molecular formula is C15H30N2OS2. The summed E-state index contributed by atoms with van der Waals surface area (Å²) in [5.41, 5.74) is 0. The van der Waals surface area contributed by atoms with E-state index < -0.39 is 0 Å². The summed E-state index contributed by atoms with van der Waals surface area (Å²) in [7, 11) is 0. The molecule has 20 heavy (non-hydrogen) atoms. The van der Waals surface area contributed by atoms with Gasteiger partial charge in [-0.15, -0.1) is 0 Å². The van der Waals surface area contributed by atoms with E-state index in [1.54, 1.807) is 0 Å². The van der Waals surface area contributed by atoms with E-state index in [9.17, 15) is 5.11 Å². The van der Waals surface area contributed by atoms with Gasteiger partial charge in [-0.25, -0.2) is 0 Å². The first kappa shape index (κ1) is 16.9. The standard InChI is InChI=1S/C15H30N2OS2/c1-13-3-7-19-9-5-16(13)11-15(18)12-17-6-10-20-8-4-14(17)2/h13-15,18H,3-12H2,1-2H3/t13-,14-/m1/s1. The molecule has 2 aliphatic rings. The van der Waals surface area contributed by atoms with Crippen molar-refractivity contribution in [3.63, 3.8) is 0 Å². The zero-order chi connectivity index (χ0) is 14.4. The van der Waals surface area contributed by atoms with E-state index >= 15 is 0 Å². The predicted octanol–water partition coefficient (Wildman–Crippen LogP) is 2.00. The highest BCUT2D eigenvalue weighted by atomic mass is 32.2. The number of hydrogen-bond acceptors (Lipinski definition) is 5. The van der Waals surface area contributed by atoms with Crippen LogP contribution in [0, 0.1) is 0 Å². The average Bonchev–Trinajstić information content (AvgIpc) is 2.73. The van der Waals surface area contributed by atoms with Crippen molar-refractivity contribution < 1.29 is 5.11 Å². The molecule has 2 rings (SSSR count). The van der Waals surface area contributed by atoms with Gasteiger partial charge in [0.05, 0.1) is 6.10 Å². The number of hydrogen-bond donors (Lipinski definition) is 1. The molecule has 0 spiro atoms. The fourth-order valence-corrected chi connectivity index (χ4v) is 5.17. The summed E-state index contributed by atoms with van der Waals surface area (Å²) in [6, 6.07) is 1.24. The molecule has 0 bridgehead atoms. The van der Waals surface area contributed by atoms with Gasteiger partial charge in [0.1, 0.15) is 0 Å². The van der Waals surface area contributed by atoms with Crippen molar-refractivity contribution in [2.45, 2.75) is 44.9 Å². The summed E-state index contributed by atoms with van der Waals surface area (Å²) in [6.07, 6.45) is 2.31. The van der Waals surface area contributed by atoms with Gasteiger partial charge in [-0.2, -0.15) is 23.5 Å². The number of aliphatic hydroxyl groups is 1. The van der Waals surface area contributed by atoms with Crippen molar-refractivity contribution in [2.24, 2.45) is 0 Å². The molecule has 118 valence electrons. The van der Waals surface area contributed by atoms with Gasteiger partial charge in [-0.1, -0.05) is 0 Å². The molecule has 1 N–H and O–H groups in total. The normalized spacial score (nSPS) is 31.2. The monoisotopic (exact) mass is 318 g/mol. The SMILES string of the molecule is C[C@@H]1CCSCCN1CC(O)CN1CCSCC[C@H]1C. The average molecular weight is 319 g/mol. The second kappa shape index (κ2) is 8.89. The minimum atomic E-state index is -0.203. The minimum absolute atomic E-state index is 0.203. The Kier molecular flexibility index (Phi) is 7.53. The lowest BCUT2D eigenvalue weighted by atomic mass is 10.1. The van der Waals surface area contributed by atoms with E-state index in [2.05, 4.69) is 47.2 Å². The van der Waals surface area contributed by atoms with Crippen LogP contribution in [0.3, 0.4) is 0 Å². The lowest BCUT2D eigenvalue weighted by molar-refractivity contribution is 0.0536. The van der Waals surface area contributed by atoms with Crippen LogP contribution in [0.5, 0.6) is 0 Å². The molecule has 0 saturated carbocycles. The van der Waals surface area contributed by atoms with E-state index in [0.29, 0.717) is 12.1 Å². The van der Waals surface area contributed by atoms with E-state index in [1.165, 1.54) is 35.9 Å². The molecular weight excluding hydrogens is 288 g/mol. The van der Waals surface area contributed by atoms with Crippen LogP contribution >= 0.6 is 23.5 Å². The number of aliphatic hydroxyl groups excluding tert-OH is 1. The fraction of sp³-hybridized carbons (Fsp3) is 1.00. The first-order valence-corrected chi connectivity index (χ1v) is 10.3. The van der Waals surface area contributed by atoms with Crippen molar-refractivity contribution >= 4 is 23.5 Å². The van der Waals surface area contributed by atoms with Gasteiger partial charge in [0, 0.05) is 49.8 Å². The van der Waals surface area contributed by atoms with Gasteiger partial charge in [-0.05, 0) is 38.2 Å². The van der Waals surface area contributed by atoms with Crippen molar-refractivity contribution in [1.82, 2.24) is 9.80 Å². The summed E-state index contributed by atoms with van der Waals surface area (Å²) in [5.74, 6) is 4.98. The van der Waals surface area contributed by atoms with Gasteiger partial charge in [0.25, 0.3) is 0 Å². The Labute approximate surface area is 132 Å². The Morgan fingerprint density at radius 2 is 1.35 bits per heavy atom. The van der Waals surface area contributed by atoms with E-state index in [-0.39, 0.29) is 6.10 Å². The van der Waals surface area contributed by atoms with Gasteiger partial charge < -0.3 is 5.11 Å². The number of thioether (sulfide) groups is 2. The maximum Gasteiger partial charge on any atom is 0.0794 e. The molecule has 0 aromatic rings. The molecule has 2 atom stereocenters. The smallest absolute Gasteiger partial charge is 0.0794 e. The molecule has 0 amide bonds. The second-order valence-electron chi connectivity index (χ2n) is 6.14. The van der Waals surface area contributed by atoms with Crippen LogP contribution in [-0.2, 0) is 0 Å². The zero-order valence-corrected chi connectivity index (χ0v) is 14.6. The highest BCUT2D eigenvalue weighted by molar-refractivity contribution is 7.99. The quantitative estimate of drug-likeness (QED) is 0.855. The third-order valence-corrected chi connectivity index (χ3v) is 6.53. The van der Waals surface area contributed by atoms with Crippen molar-refractivity contribution in [3.05, 3.63) is 0 Å². The Balaban J connectivity index is 1.79. The number of β-amino-alcohol motifs (C(OH)–C–C–N with tert-alkyl or cyclic N) is 1. The van der Waals surface area contributed by atoms with Crippen molar-refractivity contribution in [2.75, 3.05) is 49.2 Å². The molecule has 0 aromatic carbocycles. The van der Waals surface area contributed by atoms with E-state index in [4.69, 9.17) is 0 Å². The van der Waals surface area contributed by atoms with Gasteiger partial charge in [-0.3, -0.25) is 9.80 Å². The summed E-state index contributed by atoms with van der Waals surface area (Å²) in [5, 5.41) is 10.5. The van der Waals surface area contributed by atoms with Crippen molar-refractivity contribution in [1.29, 1.82) is 0 Å². The first-order valence-electron chi connectivity index (χ1n) is 7.98. The molecule has 0 aliphatic carbocycles. The van der Waals surface area contributed by atoms with Crippen LogP contribution < -0.4 is 0 Å².